The van der Waals surface area contributed by atoms with Gasteiger partial charge in [0.2, 0.25) is 5.91 Å². The maximum atomic E-state index is 13.8. The zero-order chi connectivity index (χ0) is 14.4. The van der Waals surface area contributed by atoms with Crippen LogP contribution in [-0.4, -0.2) is 10.9 Å². The quantitative estimate of drug-likeness (QED) is 0.924. The zero-order valence-corrected chi connectivity index (χ0v) is 11.4. The highest BCUT2D eigenvalue weighted by atomic mass is 32.1. The van der Waals surface area contributed by atoms with Crippen molar-refractivity contribution in [2.45, 2.75) is 19.5 Å². The van der Waals surface area contributed by atoms with Gasteiger partial charge >= 0.3 is 0 Å². The predicted octanol–water partition coefficient (Wildman–Crippen LogP) is 2.28. The maximum Gasteiger partial charge on any atom is 0.249 e. The van der Waals surface area contributed by atoms with Crippen LogP contribution in [0.25, 0.3) is 0 Å². The first kappa shape index (κ1) is 13.1. The van der Waals surface area contributed by atoms with Crippen molar-refractivity contribution < 1.29 is 13.6 Å². The molecule has 3 rings (SSSR count). The van der Waals surface area contributed by atoms with Crippen molar-refractivity contribution in [2.24, 2.45) is 5.73 Å². The molecule has 1 aliphatic heterocycles. The normalized spacial score (nSPS) is 17.7. The van der Waals surface area contributed by atoms with Gasteiger partial charge in [-0.1, -0.05) is 0 Å². The lowest BCUT2D eigenvalue weighted by molar-refractivity contribution is -0.119. The first-order valence-electron chi connectivity index (χ1n) is 5.94. The second kappa shape index (κ2) is 4.60. The second-order valence-corrected chi connectivity index (χ2v) is 5.89. The van der Waals surface area contributed by atoms with Crippen LogP contribution in [0, 0.1) is 18.6 Å². The molecular weight excluding hydrogens is 284 g/mol. The molecule has 2 aromatic rings. The standard InChI is InChI=1S/C13H11F2N3OS/c1-6-17-4-8(20-6)5-18-10-3-7(14)2-9(15)11(10)12(16)13(18)19/h2-4,12H,5,16H2,1H3. The first-order chi connectivity index (χ1) is 9.47. The summed E-state index contributed by atoms with van der Waals surface area (Å²) in [5.41, 5.74) is 5.98. The fourth-order valence-corrected chi connectivity index (χ4v) is 3.09. The molecule has 2 heterocycles. The van der Waals surface area contributed by atoms with Gasteiger partial charge < -0.3 is 10.6 Å². The van der Waals surface area contributed by atoms with E-state index in [0.717, 1.165) is 22.0 Å². The summed E-state index contributed by atoms with van der Waals surface area (Å²) < 4.78 is 27.1. The van der Waals surface area contributed by atoms with Gasteiger partial charge in [-0.3, -0.25) is 4.79 Å². The first-order valence-corrected chi connectivity index (χ1v) is 6.76. The van der Waals surface area contributed by atoms with E-state index in [-0.39, 0.29) is 17.8 Å². The van der Waals surface area contributed by atoms with Crippen molar-refractivity contribution in [3.05, 3.63) is 45.4 Å². The summed E-state index contributed by atoms with van der Waals surface area (Å²) in [5, 5.41) is 0.863. The van der Waals surface area contributed by atoms with E-state index >= 15 is 0 Å². The average molecular weight is 295 g/mol. The van der Waals surface area contributed by atoms with Gasteiger partial charge in [0.1, 0.15) is 17.7 Å². The number of halogens is 2. The lowest BCUT2D eigenvalue weighted by Gasteiger charge is -2.16. The largest absolute Gasteiger partial charge is 0.316 e. The van der Waals surface area contributed by atoms with Crippen LogP contribution < -0.4 is 10.6 Å². The molecular formula is C13H11F2N3OS. The number of carbonyl (C=O) groups is 1. The molecule has 0 fully saturated rings. The Balaban J connectivity index is 2.03. The Morgan fingerprint density at radius 1 is 1.45 bits per heavy atom. The number of nitrogens with zero attached hydrogens (tertiary/aromatic N) is 2. The van der Waals surface area contributed by atoms with Crippen LogP contribution >= 0.6 is 11.3 Å². The lowest BCUT2D eigenvalue weighted by Crippen LogP contribution is -2.31. The van der Waals surface area contributed by atoms with E-state index < -0.39 is 23.6 Å². The molecule has 1 atom stereocenters. The van der Waals surface area contributed by atoms with Gasteiger partial charge in [0, 0.05) is 22.7 Å². The molecule has 1 unspecified atom stereocenters. The van der Waals surface area contributed by atoms with E-state index in [9.17, 15) is 13.6 Å². The van der Waals surface area contributed by atoms with E-state index in [1.54, 1.807) is 6.20 Å². The molecule has 0 spiro atoms. The molecule has 20 heavy (non-hydrogen) atoms. The molecule has 0 saturated carbocycles. The average Bonchev–Trinajstić information content (AvgIpc) is 2.87. The number of thiazole rings is 1. The Kier molecular flexibility index (Phi) is 3.02. The number of hydrogen-bond donors (Lipinski definition) is 1. The minimum atomic E-state index is -1.08. The fraction of sp³-hybridized carbons (Fsp3) is 0.231. The van der Waals surface area contributed by atoms with Gasteiger partial charge in [-0.2, -0.15) is 0 Å². The van der Waals surface area contributed by atoms with E-state index in [1.807, 2.05) is 6.92 Å². The van der Waals surface area contributed by atoms with Crippen LogP contribution in [0.5, 0.6) is 0 Å². The molecule has 4 nitrogen and oxygen atoms in total. The minimum absolute atomic E-state index is 0.0534. The Hall–Kier alpha value is -1.86. The molecule has 1 amide bonds. The van der Waals surface area contributed by atoms with Gasteiger partial charge in [-0.15, -0.1) is 11.3 Å². The van der Waals surface area contributed by atoms with Crippen LogP contribution in [-0.2, 0) is 11.3 Å². The van der Waals surface area contributed by atoms with Crippen LogP contribution in [0.4, 0.5) is 14.5 Å². The van der Waals surface area contributed by atoms with Gasteiger partial charge in [0.05, 0.1) is 17.2 Å². The molecule has 0 bridgehead atoms. The van der Waals surface area contributed by atoms with Crippen LogP contribution in [0.15, 0.2) is 18.3 Å². The molecule has 7 heteroatoms. The summed E-state index contributed by atoms with van der Waals surface area (Å²) in [7, 11) is 0. The third kappa shape index (κ3) is 1.99. The molecule has 2 N–H and O–H groups in total. The van der Waals surface area contributed by atoms with E-state index in [4.69, 9.17) is 5.73 Å². The summed E-state index contributed by atoms with van der Waals surface area (Å²) in [6, 6.07) is 0.795. The van der Waals surface area contributed by atoms with Crippen molar-refractivity contribution in [3.8, 4) is 0 Å². The van der Waals surface area contributed by atoms with E-state index in [2.05, 4.69) is 4.98 Å². The number of aryl methyl sites for hydroxylation is 1. The van der Waals surface area contributed by atoms with Crippen LogP contribution in [0.2, 0.25) is 0 Å². The molecule has 1 aromatic carbocycles. The minimum Gasteiger partial charge on any atom is -0.316 e. The Bertz CT molecular complexity index is 701. The fourth-order valence-electron chi connectivity index (χ4n) is 2.31. The second-order valence-electron chi connectivity index (χ2n) is 4.57. The third-order valence-corrected chi connectivity index (χ3v) is 4.09. The predicted molar refractivity (Wildman–Crippen MR) is 71.3 cm³/mol. The number of anilines is 1. The van der Waals surface area contributed by atoms with Crippen molar-refractivity contribution in [3.63, 3.8) is 0 Å². The smallest absolute Gasteiger partial charge is 0.249 e. The number of hydrogen-bond acceptors (Lipinski definition) is 4. The van der Waals surface area contributed by atoms with Crippen LogP contribution in [0.3, 0.4) is 0 Å². The number of rotatable bonds is 2. The topological polar surface area (TPSA) is 59.2 Å². The molecule has 0 aliphatic carbocycles. The maximum absolute atomic E-state index is 13.8. The van der Waals surface area contributed by atoms with Gasteiger partial charge in [-0.05, 0) is 13.0 Å². The van der Waals surface area contributed by atoms with Crippen molar-refractivity contribution in [1.82, 2.24) is 4.98 Å². The number of carbonyl (C=O) groups excluding carboxylic acids is 1. The SMILES string of the molecule is Cc1ncc(CN2C(=O)C(N)c3c(F)cc(F)cc32)s1. The number of nitrogens with two attached hydrogens (primary N) is 1. The van der Waals surface area contributed by atoms with Gasteiger partial charge in [0.25, 0.3) is 0 Å². The molecule has 0 radical (unpaired) electrons. The highest BCUT2D eigenvalue weighted by molar-refractivity contribution is 7.11. The summed E-state index contributed by atoms with van der Waals surface area (Å²) >= 11 is 1.43. The summed E-state index contributed by atoms with van der Waals surface area (Å²) in [6.45, 7) is 2.06. The summed E-state index contributed by atoms with van der Waals surface area (Å²) in [6.07, 6.45) is 1.65. The number of benzene rings is 1. The highest BCUT2D eigenvalue weighted by Gasteiger charge is 2.37. The van der Waals surface area contributed by atoms with E-state index in [1.165, 1.54) is 16.2 Å². The summed E-state index contributed by atoms with van der Waals surface area (Å²) in [4.78, 5) is 18.4. The highest BCUT2D eigenvalue weighted by Crippen LogP contribution is 2.38. The third-order valence-electron chi connectivity index (χ3n) is 3.19. The molecule has 1 aliphatic rings. The molecule has 1 aromatic heterocycles. The lowest BCUT2D eigenvalue weighted by atomic mass is 10.1. The van der Waals surface area contributed by atoms with Gasteiger partial charge in [0.15, 0.2) is 0 Å². The number of fused-ring (bicyclic) bond motifs is 1. The zero-order valence-electron chi connectivity index (χ0n) is 10.6. The monoisotopic (exact) mass is 295 g/mol. The molecule has 0 saturated heterocycles. The Morgan fingerprint density at radius 3 is 2.85 bits per heavy atom. The van der Waals surface area contributed by atoms with Crippen LogP contribution in [0.1, 0.15) is 21.5 Å². The van der Waals surface area contributed by atoms with Gasteiger partial charge in [-0.25, -0.2) is 13.8 Å². The molecule has 104 valence electrons. The van der Waals surface area contributed by atoms with Crippen molar-refractivity contribution in [2.75, 3.05) is 4.90 Å². The van der Waals surface area contributed by atoms with Crippen molar-refractivity contribution in [1.29, 1.82) is 0 Å². The number of aromatic nitrogens is 1. The summed E-state index contributed by atoms with van der Waals surface area (Å²) in [5.74, 6) is -1.95. The Morgan fingerprint density at radius 2 is 2.20 bits per heavy atom. The number of amides is 1. The van der Waals surface area contributed by atoms with E-state index in [0.29, 0.717) is 0 Å². The Labute approximate surface area is 117 Å². The van der Waals surface area contributed by atoms with Crippen molar-refractivity contribution >= 4 is 22.9 Å².